The number of benzene rings is 2. The van der Waals surface area contributed by atoms with Crippen LogP contribution in [0.15, 0.2) is 35.2 Å². The lowest BCUT2D eigenvalue weighted by molar-refractivity contribution is 0.0750. The van der Waals surface area contributed by atoms with E-state index in [0.717, 1.165) is 23.1 Å². The van der Waals surface area contributed by atoms with Crippen LogP contribution in [0.5, 0.6) is 5.75 Å². The van der Waals surface area contributed by atoms with E-state index in [1.807, 2.05) is 12.1 Å². The third-order valence-corrected chi connectivity index (χ3v) is 6.87. The monoisotopic (exact) mass is 450 g/mol. The summed E-state index contributed by atoms with van der Waals surface area (Å²) in [5.74, 6) is 0.353. The molecule has 1 amide bonds. The number of methoxy groups -OCH3 is 1. The van der Waals surface area contributed by atoms with Gasteiger partial charge in [-0.25, -0.2) is 8.42 Å². The fourth-order valence-corrected chi connectivity index (χ4v) is 4.78. The Morgan fingerprint density at radius 2 is 1.77 bits per heavy atom. The van der Waals surface area contributed by atoms with E-state index in [0.29, 0.717) is 55.7 Å². The van der Waals surface area contributed by atoms with Crippen molar-refractivity contribution >= 4 is 33.0 Å². The summed E-state index contributed by atoms with van der Waals surface area (Å²) in [7, 11) is -1.89. The molecule has 0 bridgehead atoms. The lowest BCUT2D eigenvalue weighted by Crippen LogP contribution is -2.38. The van der Waals surface area contributed by atoms with Gasteiger partial charge in [0.1, 0.15) is 5.75 Å². The second kappa shape index (κ2) is 8.09. The summed E-state index contributed by atoms with van der Waals surface area (Å²) in [6, 6.07) is 8.43. The number of hydrogen-bond acceptors (Lipinski definition) is 6. The third kappa shape index (κ3) is 3.99. The van der Waals surface area contributed by atoms with Crippen LogP contribution in [0.1, 0.15) is 21.5 Å². The Balaban J connectivity index is 1.70. The van der Waals surface area contributed by atoms with Crippen LogP contribution < -0.4 is 9.64 Å². The summed E-state index contributed by atoms with van der Waals surface area (Å²) >= 11 is 6.24. The molecule has 0 aromatic heterocycles. The number of sulfone groups is 1. The normalized spacial score (nSPS) is 16.5. The largest absolute Gasteiger partial charge is 0.495 e. The predicted molar refractivity (Wildman–Crippen MR) is 114 cm³/mol. The first kappa shape index (κ1) is 21.0. The van der Waals surface area contributed by atoms with Crippen molar-refractivity contribution in [3.8, 4) is 5.75 Å². The first-order valence-corrected chi connectivity index (χ1v) is 11.9. The number of rotatable bonds is 4. The summed E-state index contributed by atoms with van der Waals surface area (Å²) in [4.78, 5) is 17.4. The van der Waals surface area contributed by atoms with Gasteiger partial charge in [0.15, 0.2) is 9.84 Å². The van der Waals surface area contributed by atoms with Gasteiger partial charge in [0, 0.05) is 38.1 Å². The number of halogens is 1. The van der Waals surface area contributed by atoms with Gasteiger partial charge in [-0.3, -0.25) is 4.79 Å². The number of amides is 1. The van der Waals surface area contributed by atoms with Crippen molar-refractivity contribution < 1.29 is 22.7 Å². The molecule has 2 aliphatic heterocycles. The predicted octanol–water partition coefficient (Wildman–Crippen LogP) is 2.74. The van der Waals surface area contributed by atoms with Crippen molar-refractivity contribution in [2.75, 3.05) is 44.6 Å². The number of fused-ring (bicyclic) bond motifs is 1. The van der Waals surface area contributed by atoms with Crippen LogP contribution in [-0.2, 0) is 27.7 Å². The summed E-state index contributed by atoms with van der Waals surface area (Å²) in [5, 5.41) is 0.499. The summed E-state index contributed by atoms with van der Waals surface area (Å²) in [6.45, 7) is 3.23. The molecule has 0 atom stereocenters. The van der Waals surface area contributed by atoms with Crippen LogP contribution in [0.25, 0.3) is 0 Å². The number of nitrogens with zero attached hydrogens (tertiary/aromatic N) is 2. The maximum Gasteiger partial charge on any atom is 0.256 e. The first-order valence-electron chi connectivity index (χ1n) is 9.59. The van der Waals surface area contributed by atoms with Gasteiger partial charge in [0.05, 0.1) is 35.8 Å². The van der Waals surface area contributed by atoms with Gasteiger partial charge in [-0.1, -0.05) is 11.6 Å². The molecular weight excluding hydrogens is 428 g/mol. The third-order valence-electron chi connectivity index (χ3n) is 5.46. The smallest absolute Gasteiger partial charge is 0.256 e. The average Bonchev–Trinajstić information content (AvgIpc) is 3.14. The molecule has 2 aliphatic rings. The highest BCUT2D eigenvalue weighted by molar-refractivity contribution is 7.90. The Bertz CT molecular complexity index is 1100. The van der Waals surface area contributed by atoms with Crippen molar-refractivity contribution in [3.05, 3.63) is 52.0 Å². The van der Waals surface area contributed by atoms with Crippen LogP contribution in [0.2, 0.25) is 5.02 Å². The summed E-state index contributed by atoms with van der Waals surface area (Å²) in [5.41, 5.74) is 3.03. The molecule has 2 heterocycles. The zero-order valence-electron chi connectivity index (χ0n) is 16.9. The van der Waals surface area contributed by atoms with Gasteiger partial charge < -0.3 is 19.3 Å². The molecule has 9 heteroatoms. The molecule has 7 nitrogen and oxygen atoms in total. The lowest BCUT2D eigenvalue weighted by atomic mass is 10.1. The van der Waals surface area contributed by atoms with E-state index in [1.165, 1.54) is 6.07 Å². The second-order valence-corrected chi connectivity index (χ2v) is 9.89. The van der Waals surface area contributed by atoms with Crippen LogP contribution in [0, 0.1) is 0 Å². The van der Waals surface area contributed by atoms with E-state index < -0.39 is 9.84 Å². The minimum Gasteiger partial charge on any atom is -0.495 e. The molecule has 30 heavy (non-hydrogen) atoms. The molecule has 0 radical (unpaired) electrons. The van der Waals surface area contributed by atoms with Crippen molar-refractivity contribution in [2.45, 2.75) is 18.0 Å². The number of morpholine rings is 1. The number of hydrogen-bond donors (Lipinski definition) is 0. The summed E-state index contributed by atoms with van der Waals surface area (Å²) in [6.07, 6.45) is 1.14. The second-order valence-electron chi connectivity index (χ2n) is 7.47. The molecule has 0 saturated carbocycles. The van der Waals surface area contributed by atoms with E-state index in [-0.39, 0.29) is 10.8 Å². The van der Waals surface area contributed by atoms with Crippen LogP contribution in [0.4, 0.5) is 5.69 Å². The van der Waals surface area contributed by atoms with E-state index in [1.54, 1.807) is 24.1 Å². The maximum atomic E-state index is 13.5. The number of carbonyl (C=O) groups excluding carboxylic acids is 1. The van der Waals surface area contributed by atoms with Gasteiger partial charge in [-0.05, 0) is 41.5 Å². The van der Waals surface area contributed by atoms with Crippen LogP contribution in [0.3, 0.4) is 0 Å². The fourth-order valence-electron chi connectivity index (χ4n) is 3.87. The van der Waals surface area contributed by atoms with E-state index >= 15 is 0 Å². The average molecular weight is 451 g/mol. The van der Waals surface area contributed by atoms with E-state index in [9.17, 15) is 13.2 Å². The standard InChI is InChI=1S/C21H23ClN2O5S/c1-28-20-10-15-13-24(12-14(15)9-18(20)22)21(25)17-11-16(30(2,26)27)3-4-19(17)23-5-7-29-8-6-23/h3-4,9-11H,5-8,12-13H2,1-2H3. The molecule has 1 fully saturated rings. The molecule has 2 aromatic rings. The topological polar surface area (TPSA) is 76.2 Å². The minimum atomic E-state index is -3.45. The van der Waals surface area contributed by atoms with Gasteiger partial charge in [0.2, 0.25) is 0 Å². The Labute approximate surface area is 181 Å². The Morgan fingerprint density at radius 3 is 2.40 bits per heavy atom. The maximum absolute atomic E-state index is 13.5. The minimum absolute atomic E-state index is 0.129. The molecular formula is C21H23ClN2O5S. The fraction of sp³-hybridized carbons (Fsp3) is 0.381. The van der Waals surface area contributed by atoms with Gasteiger partial charge in [-0.15, -0.1) is 0 Å². The summed E-state index contributed by atoms with van der Waals surface area (Å²) < 4.78 is 34.9. The van der Waals surface area contributed by atoms with Crippen molar-refractivity contribution in [3.63, 3.8) is 0 Å². The Morgan fingerprint density at radius 1 is 1.10 bits per heavy atom. The van der Waals surface area contributed by atoms with Gasteiger partial charge in [-0.2, -0.15) is 0 Å². The number of carbonyl (C=O) groups is 1. The van der Waals surface area contributed by atoms with E-state index in [4.69, 9.17) is 21.1 Å². The Hall–Kier alpha value is -2.29. The highest BCUT2D eigenvalue weighted by Gasteiger charge is 2.29. The molecule has 2 aromatic carbocycles. The molecule has 0 N–H and O–H groups in total. The van der Waals surface area contributed by atoms with Crippen molar-refractivity contribution in [1.29, 1.82) is 0 Å². The molecule has 1 saturated heterocycles. The van der Waals surface area contributed by atoms with Crippen molar-refractivity contribution in [2.24, 2.45) is 0 Å². The highest BCUT2D eigenvalue weighted by Crippen LogP contribution is 2.35. The molecule has 4 rings (SSSR count). The Kier molecular flexibility index (Phi) is 5.65. The van der Waals surface area contributed by atoms with Gasteiger partial charge in [0.25, 0.3) is 5.91 Å². The molecule has 0 aliphatic carbocycles. The molecule has 160 valence electrons. The molecule has 0 unspecified atom stereocenters. The zero-order chi connectivity index (χ0) is 21.5. The zero-order valence-corrected chi connectivity index (χ0v) is 18.4. The number of ether oxygens (including phenoxy) is 2. The quantitative estimate of drug-likeness (QED) is 0.713. The van der Waals surface area contributed by atoms with E-state index in [2.05, 4.69) is 4.90 Å². The molecule has 0 spiro atoms. The van der Waals surface area contributed by atoms with Crippen LogP contribution in [-0.4, -0.2) is 58.9 Å². The van der Waals surface area contributed by atoms with Gasteiger partial charge >= 0.3 is 0 Å². The first-order chi connectivity index (χ1) is 14.3. The van der Waals surface area contributed by atoms with Crippen molar-refractivity contribution in [1.82, 2.24) is 4.90 Å². The number of anilines is 1. The van der Waals surface area contributed by atoms with Crippen LogP contribution >= 0.6 is 11.6 Å². The SMILES string of the molecule is COc1cc2c(cc1Cl)CN(C(=O)c1cc(S(C)(=O)=O)ccc1N1CCOCC1)C2. The highest BCUT2D eigenvalue weighted by atomic mass is 35.5. The lowest BCUT2D eigenvalue weighted by Gasteiger charge is -2.31.